The van der Waals surface area contributed by atoms with Crippen molar-refractivity contribution in [2.45, 2.75) is 34.3 Å². The number of carbonyl (C=O) groups excluding carboxylic acids is 3. The summed E-state index contributed by atoms with van der Waals surface area (Å²) in [6.07, 6.45) is 0. The Balaban J connectivity index is 0.000000281. The van der Waals surface area contributed by atoms with Gasteiger partial charge >= 0.3 is 23.9 Å². The van der Waals surface area contributed by atoms with Gasteiger partial charge < -0.3 is 24.4 Å². The molecule has 0 heterocycles. The van der Waals surface area contributed by atoms with Gasteiger partial charge in [0, 0.05) is 13.8 Å². The highest BCUT2D eigenvalue weighted by molar-refractivity contribution is 5.95. The number of rotatable bonds is 6. The average Bonchev–Trinajstić information content (AvgIpc) is 2.81. The molecule has 0 fully saturated rings. The first-order valence-corrected chi connectivity index (χ1v) is 10.7. The van der Waals surface area contributed by atoms with Gasteiger partial charge in [0.1, 0.15) is 28.4 Å². The molecule has 0 unspecified atom stereocenters. The topological polar surface area (TPSA) is 136 Å². The molecule has 188 valence electrons. The zero-order valence-corrected chi connectivity index (χ0v) is 20.2. The van der Waals surface area contributed by atoms with Gasteiger partial charge in [-0.05, 0) is 61.4 Å². The molecule has 3 aromatic carbocycles. The van der Waals surface area contributed by atoms with Gasteiger partial charge in [0.2, 0.25) is 0 Å². The first kappa shape index (κ1) is 27.7. The number of aryl methyl sites for hydroxylation is 2. The van der Waals surface area contributed by atoms with Crippen LogP contribution in [0.15, 0.2) is 60.7 Å². The lowest BCUT2D eigenvalue weighted by atomic mass is 10.1. The van der Waals surface area contributed by atoms with Crippen LogP contribution in [-0.2, 0) is 16.2 Å². The SMILES string of the molecule is CC(=O)Oc1ccc(C)cc1C(=O)O.CC(=O)Oc1ccc(C)cc1C(=O)Oc1ccc(CO)cc1. The molecule has 0 radical (unpaired) electrons. The Labute approximate surface area is 207 Å². The molecular weight excluding hydrogens is 468 g/mol. The second kappa shape index (κ2) is 12.8. The van der Waals surface area contributed by atoms with Crippen LogP contribution >= 0.6 is 0 Å². The summed E-state index contributed by atoms with van der Waals surface area (Å²) >= 11 is 0. The lowest BCUT2D eigenvalue weighted by Gasteiger charge is -2.10. The number of hydrogen-bond donors (Lipinski definition) is 2. The zero-order chi connectivity index (χ0) is 26.8. The third kappa shape index (κ3) is 8.37. The summed E-state index contributed by atoms with van der Waals surface area (Å²) < 4.78 is 15.0. The molecule has 9 heteroatoms. The Morgan fingerprint density at radius 1 is 0.694 bits per heavy atom. The quantitative estimate of drug-likeness (QED) is 0.381. The maximum Gasteiger partial charge on any atom is 0.347 e. The van der Waals surface area contributed by atoms with E-state index in [1.165, 1.54) is 26.0 Å². The van der Waals surface area contributed by atoms with Gasteiger partial charge in [-0.3, -0.25) is 9.59 Å². The third-order valence-corrected chi connectivity index (χ3v) is 4.54. The van der Waals surface area contributed by atoms with Gasteiger partial charge in [0.25, 0.3) is 0 Å². The number of hydrogen-bond acceptors (Lipinski definition) is 8. The summed E-state index contributed by atoms with van der Waals surface area (Å²) in [7, 11) is 0. The maximum atomic E-state index is 12.3. The average molecular weight is 494 g/mol. The maximum absolute atomic E-state index is 12.3. The van der Waals surface area contributed by atoms with Crippen LogP contribution in [0.4, 0.5) is 0 Å². The van der Waals surface area contributed by atoms with Gasteiger partial charge in [-0.2, -0.15) is 0 Å². The number of carboxylic acids is 1. The number of aliphatic hydroxyl groups is 1. The van der Waals surface area contributed by atoms with E-state index in [1.807, 2.05) is 6.92 Å². The molecule has 9 nitrogen and oxygen atoms in total. The molecule has 36 heavy (non-hydrogen) atoms. The van der Waals surface area contributed by atoms with Crippen LogP contribution in [0.5, 0.6) is 17.2 Å². The molecular formula is C27H26O9. The monoisotopic (exact) mass is 494 g/mol. The number of carboxylic acid groups (broad SMARTS) is 1. The van der Waals surface area contributed by atoms with E-state index >= 15 is 0 Å². The molecule has 3 aromatic rings. The van der Waals surface area contributed by atoms with Crippen molar-refractivity contribution >= 4 is 23.9 Å². The molecule has 0 bridgehead atoms. The van der Waals surface area contributed by atoms with Crippen molar-refractivity contribution in [1.82, 2.24) is 0 Å². The molecule has 3 rings (SSSR count). The van der Waals surface area contributed by atoms with Crippen molar-refractivity contribution in [3.8, 4) is 17.2 Å². The van der Waals surface area contributed by atoms with Crippen LogP contribution in [0.2, 0.25) is 0 Å². The van der Waals surface area contributed by atoms with Crippen LogP contribution in [0.3, 0.4) is 0 Å². The van der Waals surface area contributed by atoms with Gasteiger partial charge in [-0.15, -0.1) is 0 Å². The summed E-state index contributed by atoms with van der Waals surface area (Å²) in [4.78, 5) is 44.8. The first-order chi connectivity index (χ1) is 17.0. The summed E-state index contributed by atoms with van der Waals surface area (Å²) in [5.74, 6) is -2.17. The standard InChI is InChI=1S/C17H16O5.C10H10O4/c1-11-3-8-16(21-12(2)19)15(9-11)17(20)22-14-6-4-13(10-18)5-7-14;1-6-3-4-9(14-7(2)11)8(5-6)10(12)13/h3-9,18H,10H2,1-2H3;3-5H,1-2H3,(H,12,13). The van der Waals surface area contributed by atoms with Crippen LogP contribution in [0.1, 0.15) is 51.3 Å². The van der Waals surface area contributed by atoms with E-state index < -0.39 is 23.9 Å². The fraction of sp³-hybridized carbons (Fsp3) is 0.185. The predicted molar refractivity (Wildman–Crippen MR) is 129 cm³/mol. The molecule has 0 atom stereocenters. The normalized spacial score (nSPS) is 9.92. The van der Waals surface area contributed by atoms with Crippen LogP contribution in [0.25, 0.3) is 0 Å². The minimum Gasteiger partial charge on any atom is -0.478 e. The molecule has 0 aliphatic rings. The number of ether oxygens (including phenoxy) is 3. The van der Waals surface area contributed by atoms with Gasteiger partial charge in [0.05, 0.1) is 6.61 Å². The number of aliphatic hydroxyl groups excluding tert-OH is 1. The van der Waals surface area contributed by atoms with Crippen molar-refractivity contribution in [1.29, 1.82) is 0 Å². The van der Waals surface area contributed by atoms with E-state index in [1.54, 1.807) is 55.5 Å². The van der Waals surface area contributed by atoms with E-state index in [9.17, 15) is 19.2 Å². The molecule has 2 N–H and O–H groups in total. The van der Waals surface area contributed by atoms with Gasteiger partial charge in [-0.25, -0.2) is 9.59 Å². The highest BCUT2D eigenvalue weighted by Crippen LogP contribution is 2.23. The smallest absolute Gasteiger partial charge is 0.347 e. The minimum atomic E-state index is -1.11. The number of esters is 3. The molecule has 0 saturated heterocycles. The minimum absolute atomic E-state index is 0.000185. The lowest BCUT2D eigenvalue weighted by molar-refractivity contribution is -0.132. The lowest BCUT2D eigenvalue weighted by Crippen LogP contribution is -2.13. The molecule has 0 aromatic heterocycles. The van der Waals surface area contributed by atoms with Crippen LogP contribution in [0, 0.1) is 13.8 Å². The van der Waals surface area contributed by atoms with E-state index in [4.69, 9.17) is 24.4 Å². The molecule has 0 amide bonds. The molecule has 0 spiro atoms. The summed E-state index contributed by atoms with van der Waals surface area (Å²) in [5.41, 5.74) is 2.55. The van der Waals surface area contributed by atoms with E-state index in [2.05, 4.69) is 0 Å². The highest BCUT2D eigenvalue weighted by Gasteiger charge is 2.17. The van der Waals surface area contributed by atoms with Crippen molar-refractivity contribution in [2.24, 2.45) is 0 Å². The number of carbonyl (C=O) groups is 4. The van der Waals surface area contributed by atoms with E-state index in [0.717, 1.165) is 16.7 Å². The third-order valence-electron chi connectivity index (χ3n) is 4.54. The second-order valence-electron chi connectivity index (χ2n) is 7.68. The Morgan fingerprint density at radius 3 is 1.61 bits per heavy atom. The zero-order valence-electron chi connectivity index (χ0n) is 20.2. The Bertz CT molecular complexity index is 1260. The fourth-order valence-corrected chi connectivity index (χ4v) is 2.93. The van der Waals surface area contributed by atoms with E-state index in [0.29, 0.717) is 5.75 Å². The van der Waals surface area contributed by atoms with Crippen molar-refractivity contribution in [3.05, 3.63) is 88.5 Å². The largest absolute Gasteiger partial charge is 0.478 e. The number of benzene rings is 3. The van der Waals surface area contributed by atoms with E-state index in [-0.39, 0.29) is 29.2 Å². The summed E-state index contributed by atoms with van der Waals surface area (Å²) in [6, 6.07) is 16.0. The Hall–Kier alpha value is -4.50. The molecule has 0 saturated carbocycles. The predicted octanol–water partition coefficient (Wildman–Crippen LogP) is 4.25. The molecule has 0 aliphatic heterocycles. The summed E-state index contributed by atoms with van der Waals surface area (Å²) in [6.45, 7) is 6.01. The Kier molecular flexibility index (Phi) is 9.88. The van der Waals surface area contributed by atoms with Crippen LogP contribution < -0.4 is 14.2 Å². The second-order valence-corrected chi connectivity index (χ2v) is 7.68. The fourth-order valence-electron chi connectivity index (χ4n) is 2.93. The highest BCUT2D eigenvalue weighted by atomic mass is 16.6. The van der Waals surface area contributed by atoms with Crippen molar-refractivity contribution < 1.29 is 43.6 Å². The first-order valence-electron chi connectivity index (χ1n) is 10.7. The summed E-state index contributed by atoms with van der Waals surface area (Å²) in [5, 5.41) is 17.8. The van der Waals surface area contributed by atoms with Crippen LogP contribution in [-0.4, -0.2) is 34.1 Å². The van der Waals surface area contributed by atoms with Crippen molar-refractivity contribution in [2.75, 3.05) is 0 Å². The Morgan fingerprint density at radius 2 is 1.17 bits per heavy atom. The van der Waals surface area contributed by atoms with Gasteiger partial charge in [0.15, 0.2) is 0 Å². The van der Waals surface area contributed by atoms with Crippen molar-refractivity contribution in [3.63, 3.8) is 0 Å². The number of aromatic carboxylic acids is 1. The van der Waals surface area contributed by atoms with Gasteiger partial charge in [-0.1, -0.05) is 29.8 Å². The molecule has 0 aliphatic carbocycles.